The monoisotopic (exact) mass is 690 g/mol. The fourth-order valence-electron chi connectivity index (χ4n) is 3.69. The van der Waals surface area contributed by atoms with Crippen molar-refractivity contribution in [3.8, 4) is 11.6 Å². The molecule has 5 aromatic rings. The second-order valence-corrected chi connectivity index (χ2v) is 15.2. The number of sulfone groups is 1. The molecule has 0 aliphatic heterocycles. The number of hydrogen-bond acceptors (Lipinski definition) is 11. The van der Waals surface area contributed by atoms with Gasteiger partial charge < -0.3 is 15.5 Å². The van der Waals surface area contributed by atoms with Gasteiger partial charge in [-0.15, -0.1) is 0 Å². The van der Waals surface area contributed by atoms with Gasteiger partial charge in [0.05, 0.1) is 27.6 Å². The Kier molecular flexibility index (Phi) is 12.1. The number of aromatic nitrogens is 2. The van der Waals surface area contributed by atoms with E-state index in [0.29, 0.717) is 36.3 Å². The van der Waals surface area contributed by atoms with Crippen LogP contribution < -0.4 is 11.1 Å². The van der Waals surface area contributed by atoms with Crippen molar-refractivity contribution < 1.29 is 38.8 Å². The Bertz CT molecular complexity index is 2020. The van der Waals surface area contributed by atoms with Gasteiger partial charge in [0.1, 0.15) is 21.4 Å². The van der Waals surface area contributed by atoms with Crippen LogP contribution in [0, 0.1) is 13.8 Å². The summed E-state index contributed by atoms with van der Waals surface area (Å²) in [5.74, 6) is 2.11. The van der Waals surface area contributed by atoms with Crippen LogP contribution in [0.5, 0.6) is 0 Å². The second kappa shape index (κ2) is 15.4. The maximum absolute atomic E-state index is 11.1. The standard InChI is InChI=1S/C16H18N4O3S.2C7H8O3S/c1-24(21,22)9-8-18-10-11-6-7-14(23-11)16-19-13-5-3-2-4-12(13)15(17)20-16;2*1-6-2-4-7(5-3-6)11(8,9)10/h2-7,18H,8-10H2,1H3,(H2,17,19,20);2*2-5H,1H3,(H,8,9,10). The van der Waals surface area contributed by atoms with Crippen LogP contribution in [-0.2, 0) is 36.6 Å². The number of nitrogens with two attached hydrogens (primary N) is 1. The Morgan fingerprint density at radius 1 is 0.739 bits per heavy atom. The van der Waals surface area contributed by atoms with Gasteiger partial charge >= 0.3 is 0 Å². The molecule has 2 aromatic heterocycles. The first-order chi connectivity index (χ1) is 21.4. The summed E-state index contributed by atoms with van der Waals surface area (Å²) in [6.07, 6.45) is 1.21. The van der Waals surface area contributed by atoms with E-state index in [1.54, 1.807) is 36.4 Å². The van der Waals surface area contributed by atoms with Crippen molar-refractivity contribution >= 4 is 46.8 Å². The molecule has 0 unspecified atom stereocenters. The highest BCUT2D eigenvalue weighted by atomic mass is 32.2. The molecule has 13 nitrogen and oxygen atoms in total. The van der Waals surface area contributed by atoms with Crippen molar-refractivity contribution in [2.24, 2.45) is 0 Å². The summed E-state index contributed by atoms with van der Waals surface area (Å²) in [6.45, 7) is 4.48. The summed E-state index contributed by atoms with van der Waals surface area (Å²) in [5, 5.41) is 3.83. The summed E-state index contributed by atoms with van der Waals surface area (Å²) >= 11 is 0. The summed E-state index contributed by atoms with van der Waals surface area (Å²) < 4.78 is 87.0. The number of nitrogens with zero attached hydrogens (tertiary/aromatic N) is 2. The third kappa shape index (κ3) is 11.6. The van der Waals surface area contributed by atoms with Gasteiger partial charge in [0.15, 0.2) is 11.6 Å². The lowest BCUT2D eigenvalue weighted by Gasteiger charge is -2.03. The molecule has 3 aromatic carbocycles. The molecule has 0 saturated heterocycles. The van der Waals surface area contributed by atoms with Gasteiger partial charge in [0.2, 0.25) is 0 Å². The molecule has 0 aliphatic carbocycles. The van der Waals surface area contributed by atoms with Gasteiger partial charge in [-0.1, -0.05) is 47.5 Å². The zero-order chi connectivity index (χ0) is 34.1. The molecule has 0 radical (unpaired) electrons. The van der Waals surface area contributed by atoms with Crippen molar-refractivity contribution in [3.05, 3.63) is 102 Å². The zero-order valence-electron chi connectivity index (χ0n) is 25.2. The average molecular weight is 691 g/mol. The maximum Gasteiger partial charge on any atom is 0.294 e. The minimum atomic E-state index is -4.02. The molecule has 0 saturated carbocycles. The smallest absolute Gasteiger partial charge is 0.294 e. The fraction of sp³-hybridized carbons (Fsp3) is 0.200. The van der Waals surface area contributed by atoms with Crippen LogP contribution in [0.15, 0.2) is 99.1 Å². The van der Waals surface area contributed by atoms with E-state index in [0.717, 1.165) is 22.0 Å². The Morgan fingerprint density at radius 2 is 1.26 bits per heavy atom. The summed E-state index contributed by atoms with van der Waals surface area (Å²) in [4.78, 5) is 8.62. The van der Waals surface area contributed by atoms with Crippen LogP contribution in [0.1, 0.15) is 16.9 Å². The Morgan fingerprint density at radius 3 is 1.76 bits per heavy atom. The summed E-state index contributed by atoms with van der Waals surface area (Å²) in [7, 11) is -11.0. The molecular formula is C30H34N4O9S3. The molecule has 0 aliphatic rings. The number of nitrogens with one attached hydrogen (secondary N) is 1. The van der Waals surface area contributed by atoms with Crippen molar-refractivity contribution in [2.45, 2.75) is 30.2 Å². The van der Waals surface area contributed by atoms with Gasteiger partial charge in [0.25, 0.3) is 20.2 Å². The molecular weight excluding hydrogens is 657 g/mol. The van der Waals surface area contributed by atoms with Crippen LogP contribution in [0.4, 0.5) is 5.82 Å². The molecule has 46 heavy (non-hydrogen) atoms. The van der Waals surface area contributed by atoms with Crippen LogP contribution in [0.2, 0.25) is 0 Å². The molecule has 0 atom stereocenters. The first kappa shape index (κ1) is 36.3. The second-order valence-electron chi connectivity index (χ2n) is 10.1. The number of anilines is 1. The predicted molar refractivity (Wildman–Crippen MR) is 175 cm³/mol. The molecule has 0 amide bonds. The lowest BCUT2D eigenvalue weighted by atomic mass is 10.2. The van der Waals surface area contributed by atoms with Gasteiger partial charge in [-0.25, -0.2) is 18.4 Å². The first-order valence-corrected chi connectivity index (χ1v) is 18.4. The van der Waals surface area contributed by atoms with Crippen molar-refractivity contribution in [1.82, 2.24) is 15.3 Å². The average Bonchev–Trinajstić information content (AvgIpc) is 3.44. The number of furan rings is 1. The topological polar surface area (TPSA) is 220 Å². The minimum Gasteiger partial charge on any atom is -0.456 e. The number of nitrogen functional groups attached to an aromatic ring is 1. The van der Waals surface area contributed by atoms with Crippen molar-refractivity contribution in [2.75, 3.05) is 24.3 Å². The lowest BCUT2D eigenvalue weighted by molar-refractivity contribution is 0.481. The summed E-state index contributed by atoms with van der Waals surface area (Å²) in [5.41, 5.74) is 8.64. The molecule has 0 fully saturated rings. The highest BCUT2D eigenvalue weighted by molar-refractivity contribution is 7.90. The van der Waals surface area contributed by atoms with Crippen LogP contribution in [0.3, 0.4) is 0 Å². The van der Waals surface area contributed by atoms with Gasteiger partial charge in [-0.05, 0) is 62.4 Å². The number of rotatable bonds is 8. The quantitative estimate of drug-likeness (QED) is 0.133. The molecule has 5 N–H and O–H groups in total. The minimum absolute atomic E-state index is 0.0666. The Labute approximate surface area is 267 Å². The maximum atomic E-state index is 11.1. The number of hydrogen-bond donors (Lipinski definition) is 4. The molecule has 0 bridgehead atoms. The number of para-hydroxylation sites is 1. The predicted octanol–water partition coefficient (Wildman–Crippen LogP) is 4.09. The van der Waals surface area contributed by atoms with E-state index < -0.39 is 30.1 Å². The number of aryl methyl sites for hydroxylation is 2. The van der Waals surface area contributed by atoms with Crippen LogP contribution in [0.25, 0.3) is 22.5 Å². The Balaban J connectivity index is 0.000000217. The number of benzene rings is 3. The van der Waals surface area contributed by atoms with E-state index >= 15 is 0 Å². The first-order valence-electron chi connectivity index (χ1n) is 13.5. The molecule has 5 rings (SSSR count). The lowest BCUT2D eigenvalue weighted by Crippen LogP contribution is -2.21. The number of fused-ring (bicyclic) bond motifs is 1. The molecule has 246 valence electrons. The van der Waals surface area contributed by atoms with Crippen molar-refractivity contribution in [3.63, 3.8) is 0 Å². The summed E-state index contributed by atoms with van der Waals surface area (Å²) in [6, 6.07) is 23.1. The third-order valence-electron chi connectivity index (χ3n) is 6.10. The largest absolute Gasteiger partial charge is 0.456 e. The van der Waals surface area contributed by atoms with E-state index in [1.165, 1.54) is 30.5 Å². The molecule has 0 spiro atoms. The molecule has 16 heteroatoms. The fourth-order valence-corrected chi connectivity index (χ4v) is 5.17. The van der Waals surface area contributed by atoms with E-state index in [4.69, 9.17) is 19.3 Å². The van der Waals surface area contributed by atoms with E-state index in [2.05, 4.69) is 15.3 Å². The molecule has 2 heterocycles. The van der Waals surface area contributed by atoms with Gasteiger partial charge in [0, 0.05) is 18.2 Å². The zero-order valence-corrected chi connectivity index (χ0v) is 27.6. The van der Waals surface area contributed by atoms with E-state index in [1.807, 2.05) is 38.1 Å². The Hall–Kier alpha value is -4.19. The SMILES string of the molecule is CS(=O)(=O)CCNCc1ccc(-c2nc(N)c3ccccc3n2)o1.Cc1ccc(S(=O)(=O)O)cc1.Cc1ccc(S(=O)(=O)O)cc1. The highest BCUT2D eigenvalue weighted by Crippen LogP contribution is 2.24. The van der Waals surface area contributed by atoms with E-state index in [-0.39, 0.29) is 15.5 Å². The van der Waals surface area contributed by atoms with E-state index in [9.17, 15) is 25.3 Å². The van der Waals surface area contributed by atoms with Gasteiger partial charge in [-0.3, -0.25) is 9.11 Å². The van der Waals surface area contributed by atoms with Gasteiger partial charge in [-0.2, -0.15) is 16.8 Å². The normalized spacial score (nSPS) is 11.7. The van der Waals surface area contributed by atoms with Crippen molar-refractivity contribution in [1.29, 1.82) is 0 Å². The van der Waals surface area contributed by atoms with Crippen LogP contribution >= 0.6 is 0 Å². The third-order valence-corrected chi connectivity index (χ3v) is 8.78. The highest BCUT2D eigenvalue weighted by Gasteiger charge is 2.12. The van der Waals surface area contributed by atoms with Crippen LogP contribution in [-0.4, -0.2) is 62.9 Å².